The Morgan fingerprint density at radius 1 is 1.05 bits per heavy atom. The van der Waals surface area contributed by atoms with Gasteiger partial charge >= 0.3 is 6.18 Å². The van der Waals surface area contributed by atoms with Crippen LogP contribution in [-0.4, -0.2) is 30.1 Å². The average Bonchev–Trinajstić information content (AvgIpc) is 2.86. The zero-order valence-electron chi connectivity index (χ0n) is 19.9. The quantitative estimate of drug-likeness (QED) is 0.360. The fourth-order valence-corrected chi connectivity index (χ4v) is 5.06. The van der Waals surface area contributed by atoms with Gasteiger partial charge in [0.25, 0.3) is 10.0 Å². The number of aromatic nitrogens is 2. The molecule has 1 aliphatic carbocycles. The van der Waals surface area contributed by atoms with E-state index in [-0.39, 0.29) is 11.8 Å². The maximum absolute atomic E-state index is 16.0. The van der Waals surface area contributed by atoms with Crippen LogP contribution in [0.25, 0.3) is 5.57 Å². The third-order valence-corrected chi connectivity index (χ3v) is 7.48. The molecule has 3 unspecified atom stereocenters. The topological polar surface area (TPSA) is 84.0 Å². The van der Waals surface area contributed by atoms with Crippen LogP contribution in [0.3, 0.4) is 0 Å². The molecule has 2 N–H and O–H groups in total. The Labute approximate surface area is 212 Å². The summed E-state index contributed by atoms with van der Waals surface area (Å²) in [6, 6.07) is 13.4. The summed E-state index contributed by atoms with van der Waals surface area (Å²) in [5.74, 6) is -0.737. The van der Waals surface area contributed by atoms with E-state index in [1.807, 2.05) is 36.4 Å². The minimum atomic E-state index is -4.70. The molecule has 0 saturated heterocycles. The van der Waals surface area contributed by atoms with Gasteiger partial charge in [-0.25, -0.2) is 17.8 Å². The molecule has 11 heteroatoms. The summed E-state index contributed by atoms with van der Waals surface area (Å²) < 4.78 is 82.5. The van der Waals surface area contributed by atoms with E-state index in [0.717, 1.165) is 29.3 Å². The predicted octanol–water partition coefficient (Wildman–Crippen LogP) is 6.09. The summed E-state index contributed by atoms with van der Waals surface area (Å²) in [6.07, 6.45) is 1.60. The molecule has 0 aliphatic heterocycles. The Kier molecular flexibility index (Phi) is 7.09. The SMILES string of the molecule is CC1C=C(c2ccccc2)C=CC1(F)C(C)Nc1nccc(NS(=O)(=O)c2cccc(C(F)(F)F)c2)n1. The number of hydrogen-bond donors (Lipinski definition) is 2. The van der Waals surface area contributed by atoms with E-state index in [0.29, 0.717) is 6.07 Å². The van der Waals surface area contributed by atoms with Crippen LogP contribution in [0, 0.1) is 5.92 Å². The van der Waals surface area contributed by atoms with Gasteiger partial charge in [0, 0.05) is 12.1 Å². The van der Waals surface area contributed by atoms with Crippen LogP contribution in [0.4, 0.5) is 29.3 Å². The van der Waals surface area contributed by atoms with Crippen LogP contribution >= 0.6 is 0 Å². The van der Waals surface area contributed by atoms with E-state index in [2.05, 4.69) is 20.0 Å². The zero-order valence-corrected chi connectivity index (χ0v) is 20.7. The molecule has 0 amide bonds. The van der Waals surface area contributed by atoms with E-state index >= 15 is 4.39 Å². The third-order valence-electron chi connectivity index (χ3n) is 6.13. The van der Waals surface area contributed by atoms with Crippen molar-refractivity contribution in [1.29, 1.82) is 0 Å². The van der Waals surface area contributed by atoms with Gasteiger partial charge in [0.15, 0.2) is 5.67 Å². The largest absolute Gasteiger partial charge is 0.416 e. The average molecular weight is 533 g/mol. The Morgan fingerprint density at radius 2 is 1.78 bits per heavy atom. The molecule has 37 heavy (non-hydrogen) atoms. The number of alkyl halides is 4. The summed E-state index contributed by atoms with van der Waals surface area (Å²) in [6.45, 7) is 3.37. The molecule has 0 spiro atoms. The summed E-state index contributed by atoms with van der Waals surface area (Å²) >= 11 is 0. The van der Waals surface area contributed by atoms with E-state index in [1.165, 1.54) is 18.3 Å². The van der Waals surface area contributed by atoms with Crippen LogP contribution < -0.4 is 10.0 Å². The summed E-state index contributed by atoms with van der Waals surface area (Å²) in [5, 5.41) is 2.87. The standard InChI is InChI=1S/C26H24F4N4O2S/c1-17-15-20(19-7-4-3-5-8-19)11-13-25(17,27)18(2)32-24-31-14-12-23(33-24)34-37(35,36)22-10-6-9-21(16-22)26(28,29)30/h3-18H,1-2H3,(H2,31,32,33,34). The number of allylic oxidation sites excluding steroid dienone is 3. The lowest BCUT2D eigenvalue weighted by Crippen LogP contribution is -2.45. The molecule has 4 rings (SSSR count). The molecule has 0 bridgehead atoms. The van der Waals surface area contributed by atoms with Gasteiger partial charge in [-0.15, -0.1) is 0 Å². The zero-order chi connectivity index (χ0) is 26.8. The highest BCUT2D eigenvalue weighted by Crippen LogP contribution is 2.37. The summed E-state index contributed by atoms with van der Waals surface area (Å²) in [7, 11) is -4.38. The van der Waals surface area contributed by atoms with Crippen molar-refractivity contribution in [2.45, 2.75) is 36.6 Å². The number of anilines is 2. The number of rotatable bonds is 7. The first kappa shape index (κ1) is 26.3. The fraction of sp³-hybridized carbons (Fsp3) is 0.231. The highest BCUT2D eigenvalue weighted by Gasteiger charge is 2.41. The van der Waals surface area contributed by atoms with E-state index < -0.39 is 44.3 Å². The first-order valence-corrected chi connectivity index (χ1v) is 12.8. The molecule has 0 radical (unpaired) electrons. The Hall–Kier alpha value is -3.73. The maximum atomic E-state index is 16.0. The minimum absolute atomic E-state index is 0.0489. The van der Waals surface area contributed by atoms with Crippen molar-refractivity contribution in [2.24, 2.45) is 5.92 Å². The van der Waals surface area contributed by atoms with Crippen molar-refractivity contribution >= 4 is 27.4 Å². The molecular formula is C26H24F4N4O2S. The van der Waals surface area contributed by atoms with Crippen LogP contribution in [0.5, 0.6) is 0 Å². The second-order valence-corrected chi connectivity index (χ2v) is 10.4. The van der Waals surface area contributed by atoms with Crippen LogP contribution in [0.2, 0.25) is 0 Å². The molecule has 1 aliphatic rings. The molecule has 0 saturated carbocycles. The fourth-order valence-electron chi connectivity index (χ4n) is 4.01. The van der Waals surface area contributed by atoms with Gasteiger partial charge in [-0.05, 0) is 48.4 Å². The van der Waals surface area contributed by atoms with Gasteiger partial charge in [-0.2, -0.15) is 18.2 Å². The van der Waals surface area contributed by atoms with Crippen molar-refractivity contribution in [3.05, 3.63) is 96.2 Å². The van der Waals surface area contributed by atoms with Crippen molar-refractivity contribution in [2.75, 3.05) is 10.0 Å². The molecule has 0 fully saturated rings. The summed E-state index contributed by atoms with van der Waals surface area (Å²) in [5.41, 5.74) is -1.02. The second-order valence-electron chi connectivity index (χ2n) is 8.70. The van der Waals surface area contributed by atoms with Crippen molar-refractivity contribution < 1.29 is 26.0 Å². The molecule has 1 aromatic heterocycles. The van der Waals surface area contributed by atoms with Crippen LogP contribution in [0.1, 0.15) is 25.0 Å². The van der Waals surface area contributed by atoms with E-state index in [4.69, 9.17) is 0 Å². The van der Waals surface area contributed by atoms with Gasteiger partial charge in [0.1, 0.15) is 5.82 Å². The number of nitrogens with one attached hydrogen (secondary N) is 2. The molecule has 6 nitrogen and oxygen atoms in total. The predicted molar refractivity (Wildman–Crippen MR) is 134 cm³/mol. The van der Waals surface area contributed by atoms with Gasteiger partial charge in [-0.1, -0.05) is 55.5 Å². The molecule has 1 heterocycles. The molecule has 2 aromatic carbocycles. The highest BCUT2D eigenvalue weighted by atomic mass is 32.2. The Bertz CT molecular complexity index is 1440. The number of halogens is 4. The Morgan fingerprint density at radius 3 is 2.46 bits per heavy atom. The second kappa shape index (κ2) is 9.97. The number of hydrogen-bond acceptors (Lipinski definition) is 5. The summed E-state index contributed by atoms with van der Waals surface area (Å²) in [4.78, 5) is 7.52. The molecular weight excluding hydrogens is 508 g/mol. The van der Waals surface area contributed by atoms with Gasteiger partial charge in [0.2, 0.25) is 5.95 Å². The van der Waals surface area contributed by atoms with E-state index in [1.54, 1.807) is 19.9 Å². The molecule has 3 aromatic rings. The number of benzene rings is 2. The first-order valence-electron chi connectivity index (χ1n) is 11.3. The monoisotopic (exact) mass is 532 g/mol. The van der Waals surface area contributed by atoms with E-state index in [9.17, 15) is 21.6 Å². The minimum Gasteiger partial charge on any atom is -0.348 e. The smallest absolute Gasteiger partial charge is 0.348 e. The van der Waals surface area contributed by atoms with Gasteiger partial charge in [0.05, 0.1) is 16.5 Å². The lowest BCUT2D eigenvalue weighted by atomic mass is 9.78. The lowest BCUT2D eigenvalue weighted by molar-refractivity contribution is -0.137. The third kappa shape index (κ3) is 5.82. The lowest BCUT2D eigenvalue weighted by Gasteiger charge is -2.36. The number of nitrogens with zero attached hydrogens (tertiary/aromatic N) is 2. The number of sulfonamides is 1. The molecule has 3 atom stereocenters. The first-order chi connectivity index (χ1) is 17.4. The maximum Gasteiger partial charge on any atom is 0.416 e. The Balaban J connectivity index is 1.49. The van der Waals surface area contributed by atoms with Gasteiger partial charge < -0.3 is 5.32 Å². The van der Waals surface area contributed by atoms with Crippen molar-refractivity contribution in [3.63, 3.8) is 0 Å². The van der Waals surface area contributed by atoms with Crippen LogP contribution in [0.15, 0.2) is 90.0 Å². The normalized spacial score (nSPS) is 20.7. The van der Waals surface area contributed by atoms with Crippen molar-refractivity contribution in [3.8, 4) is 0 Å². The molecule has 194 valence electrons. The van der Waals surface area contributed by atoms with Gasteiger partial charge in [-0.3, -0.25) is 4.72 Å². The highest BCUT2D eigenvalue weighted by molar-refractivity contribution is 7.92. The van der Waals surface area contributed by atoms with Crippen LogP contribution in [-0.2, 0) is 16.2 Å². The van der Waals surface area contributed by atoms with Crippen molar-refractivity contribution in [1.82, 2.24) is 9.97 Å².